The van der Waals surface area contributed by atoms with Gasteiger partial charge in [0.1, 0.15) is 12.4 Å². The molecule has 1 aliphatic carbocycles. The van der Waals surface area contributed by atoms with Gasteiger partial charge in [-0.15, -0.1) is 0 Å². The summed E-state index contributed by atoms with van der Waals surface area (Å²) in [4.78, 5) is 33.1. The summed E-state index contributed by atoms with van der Waals surface area (Å²) < 4.78 is 5.78. The first kappa shape index (κ1) is 17.6. The van der Waals surface area contributed by atoms with Crippen molar-refractivity contribution in [3.05, 3.63) is 40.4 Å². The molecule has 0 bridgehead atoms. The standard InChI is InChI=1S/C19H25N3O3/c1-13-6-5-7-14(10-13)25-12-18(23)22(2)11-17-20-16-9-4-3-8-15(16)19(24)21-17/h3-4,8-9,13-14H,5-7,10-12H2,1-2H3,(H,20,21,24)/t13-,14+/m1/s1. The maximum atomic E-state index is 12.3. The zero-order valence-corrected chi connectivity index (χ0v) is 14.8. The summed E-state index contributed by atoms with van der Waals surface area (Å²) in [6, 6.07) is 7.17. The third kappa shape index (κ3) is 4.45. The van der Waals surface area contributed by atoms with Gasteiger partial charge in [-0.05, 0) is 30.9 Å². The van der Waals surface area contributed by atoms with Crippen LogP contribution >= 0.6 is 0 Å². The van der Waals surface area contributed by atoms with E-state index in [4.69, 9.17) is 4.74 Å². The van der Waals surface area contributed by atoms with Crippen molar-refractivity contribution in [2.45, 2.75) is 45.3 Å². The molecule has 2 aromatic rings. The molecule has 25 heavy (non-hydrogen) atoms. The molecule has 1 heterocycles. The average Bonchev–Trinajstić information content (AvgIpc) is 2.60. The Balaban J connectivity index is 1.58. The van der Waals surface area contributed by atoms with Gasteiger partial charge >= 0.3 is 0 Å². The number of para-hydroxylation sites is 1. The summed E-state index contributed by atoms with van der Waals surface area (Å²) in [5.41, 5.74) is 0.448. The number of ether oxygens (including phenoxy) is 1. The molecule has 6 heteroatoms. The number of amides is 1. The highest BCUT2D eigenvalue weighted by molar-refractivity contribution is 5.78. The normalized spacial score (nSPS) is 20.6. The number of fused-ring (bicyclic) bond motifs is 1. The molecule has 1 amide bonds. The molecule has 1 aliphatic rings. The van der Waals surface area contributed by atoms with Crippen molar-refractivity contribution in [3.63, 3.8) is 0 Å². The van der Waals surface area contributed by atoms with Crippen molar-refractivity contribution in [2.75, 3.05) is 13.7 Å². The Labute approximate surface area is 147 Å². The molecular weight excluding hydrogens is 318 g/mol. The predicted octanol–water partition coefficient (Wildman–Crippen LogP) is 2.48. The number of nitrogens with zero attached hydrogens (tertiary/aromatic N) is 2. The van der Waals surface area contributed by atoms with Gasteiger partial charge in [0.2, 0.25) is 5.91 Å². The molecule has 0 aliphatic heterocycles. The molecule has 134 valence electrons. The number of H-pyrrole nitrogens is 1. The molecule has 0 radical (unpaired) electrons. The predicted molar refractivity (Wildman–Crippen MR) is 96.2 cm³/mol. The van der Waals surface area contributed by atoms with Gasteiger partial charge in [-0.1, -0.05) is 31.9 Å². The van der Waals surface area contributed by atoms with Crippen LogP contribution in [-0.2, 0) is 16.1 Å². The molecule has 6 nitrogen and oxygen atoms in total. The number of likely N-dealkylation sites (N-methyl/N-ethyl adjacent to an activating group) is 1. The number of benzene rings is 1. The maximum absolute atomic E-state index is 12.3. The highest BCUT2D eigenvalue weighted by Crippen LogP contribution is 2.25. The molecule has 1 saturated carbocycles. The van der Waals surface area contributed by atoms with Crippen molar-refractivity contribution < 1.29 is 9.53 Å². The molecule has 1 aromatic heterocycles. The summed E-state index contributed by atoms with van der Waals surface area (Å²) in [6.45, 7) is 2.56. The number of hydrogen-bond donors (Lipinski definition) is 1. The molecular formula is C19H25N3O3. The molecule has 1 fully saturated rings. The monoisotopic (exact) mass is 343 g/mol. The van der Waals surface area contributed by atoms with Crippen LogP contribution in [0.3, 0.4) is 0 Å². The third-order valence-electron chi connectivity index (χ3n) is 4.81. The van der Waals surface area contributed by atoms with E-state index in [2.05, 4.69) is 16.9 Å². The van der Waals surface area contributed by atoms with Crippen LogP contribution in [0, 0.1) is 5.92 Å². The Morgan fingerprint density at radius 3 is 2.96 bits per heavy atom. The van der Waals surface area contributed by atoms with Crippen LogP contribution in [0.5, 0.6) is 0 Å². The first-order valence-electron chi connectivity index (χ1n) is 8.86. The van der Waals surface area contributed by atoms with E-state index in [1.165, 1.54) is 6.42 Å². The summed E-state index contributed by atoms with van der Waals surface area (Å²) in [6.07, 6.45) is 4.64. The Morgan fingerprint density at radius 1 is 1.36 bits per heavy atom. The lowest BCUT2D eigenvalue weighted by Gasteiger charge is -2.27. The van der Waals surface area contributed by atoms with E-state index in [1.54, 1.807) is 30.1 Å². The second-order valence-corrected chi connectivity index (χ2v) is 6.98. The Morgan fingerprint density at radius 2 is 2.16 bits per heavy atom. The van der Waals surface area contributed by atoms with E-state index in [9.17, 15) is 9.59 Å². The van der Waals surface area contributed by atoms with E-state index < -0.39 is 0 Å². The lowest BCUT2D eigenvalue weighted by Crippen LogP contribution is -2.33. The van der Waals surface area contributed by atoms with Crippen molar-refractivity contribution in [1.29, 1.82) is 0 Å². The summed E-state index contributed by atoms with van der Waals surface area (Å²) in [5.74, 6) is 1.04. The van der Waals surface area contributed by atoms with Crippen molar-refractivity contribution in [2.24, 2.45) is 5.92 Å². The molecule has 2 atom stereocenters. The minimum atomic E-state index is -0.186. The first-order valence-corrected chi connectivity index (χ1v) is 8.86. The molecule has 1 aromatic carbocycles. The lowest BCUT2D eigenvalue weighted by atomic mass is 9.89. The van der Waals surface area contributed by atoms with Crippen molar-refractivity contribution >= 4 is 16.8 Å². The number of hydrogen-bond acceptors (Lipinski definition) is 4. The van der Waals surface area contributed by atoms with Gasteiger partial charge in [0.05, 0.1) is 23.6 Å². The molecule has 0 unspecified atom stereocenters. The van der Waals surface area contributed by atoms with Gasteiger partial charge in [0, 0.05) is 7.05 Å². The first-order chi connectivity index (χ1) is 12.0. The van der Waals surface area contributed by atoms with E-state index in [1.807, 2.05) is 6.07 Å². The number of aromatic nitrogens is 2. The quantitative estimate of drug-likeness (QED) is 0.905. The summed E-state index contributed by atoms with van der Waals surface area (Å²) in [5, 5.41) is 0.551. The van der Waals surface area contributed by atoms with Crippen LogP contribution < -0.4 is 5.56 Å². The third-order valence-corrected chi connectivity index (χ3v) is 4.81. The lowest BCUT2D eigenvalue weighted by molar-refractivity contribution is -0.138. The minimum absolute atomic E-state index is 0.0751. The summed E-state index contributed by atoms with van der Waals surface area (Å²) in [7, 11) is 1.70. The highest BCUT2D eigenvalue weighted by Gasteiger charge is 2.21. The van der Waals surface area contributed by atoms with E-state index >= 15 is 0 Å². The van der Waals surface area contributed by atoms with Crippen molar-refractivity contribution in [1.82, 2.24) is 14.9 Å². The van der Waals surface area contributed by atoms with Crippen LogP contribution in [-0.4, -0.2) is 40.5 Å². The zero-order valence-electron chi connectivity index (χ0n) is 14.8. The Bertz CT molecular complexity index is 802. The molecule has 0 spiro atoms. The van der Waals surface area contributed by atoms with Crippen LogP contribution in [0.15, 0.2) is 29.1 Å². The molecule has 0 saturated heterocycles. The number of nitrogens with one attached hydrogen (secondary N) is 1. The number of carbonyl (C=O) groups is 1. The Kier molecular flexibility index (Phi) is 5.48. The largest absolute Gasteiger partial charge is 0.368 e. The fourth-order valence-electron chi connectivity index (χ4n) is 3.35. The second kappa shape index (κ2) is 7.78. The minimum Gasteiger partial charge on any atom is -0.368 e. The molecule has 3 rings (SSSR count). The van der Waals surface area contributed by atoms with Crippen LogP contribution in [0.25, 0.3) is 10.9 Å². The van der Waals surface area contributed by atoms with E-state index in [0.717, 1.165) is 19.3 Å². The summed E-state index contributed by atoms with van der Waals surface area (Å²) >= 11 is 0. The van der Waals surface area contributed by atoms with Gasteiger partial charge in [-0.2, -0.15) is 0 Å². The van der Waals surface area contributed by atoms with Gasteiger partial charge < -0.3 is 14.6 Å². The Hall–Kier alpha value is -2.21. The maximum Gasteiger partial charge on any atom is 0.258 e. The zero-order chi connectivity index (χ0) is 17.8. The fraction of sp³-hybridized carbons (Fsp3) is 0.526. The SMILES string of the molecule is C[C@@H]1CCC[C@H](OCC(=O)N(C)Cc2nc3ccccc3c(=O)[nH]2)C1. The van der Waals surface area contributed by atoms with Crippen LogP contribution in [0.4, 0.5) is 0 Å². The second-order valence-electron chi connectivity index (χ2n) is 6.98. The van der Waals surface area contributed by atoms with Gasteiger partial charge in [0.15, 0.2) is 0 Å². The van der Waals surface area contributed by atoms with Crippen LogP contribution in [0.1, 0.15) is 38.4 Å². The van der Waals surface area contributed by atoms with Crippen molar-refractivity contribution in [3.8, 4) is 0 Å². The number of rotatable bonds is 5. The van der Waals surface area contributed by atoms with Crippen LogP contribution in [0.2, 0.25) is 0 Å². The average molecular weight is 343 g/mol. The highest BCUT2D eigenvalue weighted by atomic mass is 16.5. The fourth-order valence-corrected chi connectivity index (χ4v) is 3.35. The van der Waals surface area contributed by atoms with Gasteiger partial charge in [-0.25, -0.2) is 4.98 Å². The van der Waals surface area contributed by atoms with E-state index in [-0.39, 0.29) is 30.7 Å². The van der Waals surface area contributed by atoms with Gasteiger partial charge in [0.25, 0.3) is 5.56 Å². The van der Waals surface area contributed by atoms with E-state index in [0.29, 0.717) is 22.6 Å². The number of carbonyl (C=O) groups excluding carboxylic acids is 1. The topological polar surface area (TPSA) is 75.3 Å². The smallest absolute Gasteiger partial charge is 0.258 e. The number of aromatic amines is 1. The van der Waals surface area contributed by atoms with Gasteiger partial charge in [-0.3, -0.25) is 9.59 Å². The molecule has 1 N–H and O–H groups in total.